The standard InChI is InChI=1S/C20H24FN5/c1-15-5-4-12-26-14-18(25-19(15)26)9-11-24-20(22-2)23-10-8-16-6-3-7-17(21)13-16/h3-7,12-14H,8-11H2,1-2H3,(H2,22,23,24). The Bertz CT molecular complexity index is 900. The maximum atomic E-state index is 13.2. The average Bonchev–Trinajstić information content (AvgIpc) is 3.05. The predicted molar refractivity (Wildman–Crippen MR) is 103 cm³/mol. The molecule has 2 heterocycles. The summed E-state index contributed by atoms with van der Waals surface area (Å²) in [6, 6.07) is 10.8. The van der Waals surface area contributed by atoms with Gasteiger partial charge < -0.3 is 15.0 Å². The van der Waals surface area contributed by atoms with E-state index in [2.05, 4.69) is 44.2 Å². The number of aromatic nitrogens is 2. The molecule has 1 aromatic carbocycles. The molecule has 0 amide bonds. The Labute approximate surface area is 153 Å². The van der Waals surface area contributed by atoms with Crippen LogP contribution in [0, 0.1) is 12.7 Å². The quantitative estimate of drug-likeness (QED) is 0.529. The van der Waals surface area contributed by atoms with Crippen molar-refractivity contribution in [2.75, 3.05) is 20.1 Å². The van der Waals surface area contributed by atoms with Gasteiger partial charge in [0.15, 0.2) is 5.96 Å². The first-order chi connectivity index (χ1) is 12.7. The fraction of sp³-hybridized carbons (Fsp3) is 0.300. The van der Waals surface area contributed by atoms with E-state index in [0.717, 1.165) is 42.3 Å². The third-order valence-corrected chi connectivity index (χ3v) is 4.22. The Morgan fingerprint density at radius 2 is 1.96 bits per heavy atom. The number of imidazole rings is 1. The van der Waals surface area contributed by atoms with Crippen LogP contribution in [0.15, 0.2) is 53.8 Å². The van der Waals surface area contributed by atoms with E-state index in [1.807, 2.05) is 18.3 Å². The molecule has 3 aromatic rings. The Morgan fingerprint density at radius 1 is 1.15 bits per heavy atom. The van der Waals surface area contributed by atoms with Crippen LogP contribution in [0.1, 0.15) is 16.8 Å². The molecular weight excluding hydrogens is 329 g/mol. The van der Waals surface area contributed by atoms with Crippen molar-refractivity contribution in [2.24, 2.45) is 4.99 Å². The SMILES string of the molecule is CN=C(NCCc1cccc(F)c1)NCCc1cn2cccc(C)c2n1. The highest BCUT2D eigenvalue weighted by atomic mass is 19.1. The highest BCUT2D eigenvalue weighted by Crippen LogP contribution is 2.10. The molecular formula is C20H24FN5. The van der Waals surface area contributed by atoms with Gasteiger partial charge in [-0.2, -0.15) is 0 Å². The first-order valence-electron chi connectivity index (χ1n) is 8.78. The van der Waals surface area contributed by atoms with Gasteiger partial charge in [0.1, 0.15) is 11.5 Å². The number of guanidine groups is 1. The number of nitrogens with one attached hydrogen (secondary N) is 2. The summed E-state index contributed by atoms with van der Waals surface area (Å²) in [7, 11) is 1.74. The summed E-state index contributed by atoms with van der Waals surface area (Å²) in [6.07, 6.45) is 5.62. The summed E-state index contributed by atoms with van der Waals surface area (Å²) in [5.41, 5.74) is 4.18. The monoisotopic (exact) mass is 353 g/mol. The molecule has 26 heavy (non-hydrogen) atoms. The van der Waals surface area contributed by atoms with Crippen molar-refractivity contribution in [3.63, 3.8) is 0 Å². The summed E-state index contributed by atoms with van der Waals surface area (Å²) in [5.74, 6) is 0.536. The summed E-state index contributed by atoms with van der Waals surface area (Å²) < 4.78 is 15.2. The van der Waals surface area contributed by atoms with Crippen molar-refractivity contribution in [2.45, 2.75) is 19.8 Å². The van der Waals surface area contributed by atoms with Gasteiger partial charge in [0.25, 0.3) is 0 Å². The van der Waals surface area contributed by atoms with E-state index >= 15 is 0 Å². The van der Waals surface area contributed by atoms with Crippen LogP contribution in [-0.4, -0.2) is 35.5 Å². The number of aliphatic imine (C=N–C) groups is 1. The molecule has 0 atom stereocenters. The van der Waals surface area contributed by atoms with Gasteiger partial charge in [-0.15, -0.1) is 0 Å². The van der Waals surface area contributed by atoms with Crippen LogP contribution in [0.4, 0.5) is 4.39 Å². The summed E-state index contributed by atoms with van der Waals surface area (Å²) >= 11 is 0. The van der Waals surface area contributed by atoms with Gasteiger partial charge in [0.2, 0.25) is 0 Å². The zero-order valence-corrected chi connectivity index (χ0v) is 15.2. The molecule has 0 bridgehead atoms. The van der Waals surface area contributed by atoms with E-state index in [-0.39, 0.29) is 5.82 Å². The maximum Gasteiger partial charge on any atom is 0.190 e. The molecule has 0 radical (unpaired) electrons. The lowest BCUT2D eigenvalue weighted by molar-refractivity contribution is 0.625. The number of nitrogens with zero attached hydrogens (tertiary/aromatic N) is 3. The maximum absolute atomic E-state index is 13.2. The van der Waals surface area contributed by atoms with Crippen LogP contribution < -0.4 is 10.6 Å². The normalized spacial score (nSPS) is 11.7. The lowest BCUT2D eigenvalue weighted by Gasteiger charge is -2.11. The molecule has 2 aromatic heterocycles. The van der Waals surface area contributed by atoms with E-state index in [0.29, 0.717) is 6.54 Å². The minimum Gasteiger partial charge on any atom is -0.356 e. The van der Waals surface area contributed by atoms with Crippen LogP contribution in [0.5, 0.6) is 0 Å². The molecule has 0 unspecified atom stereocenters. The molecule has 2 N–H and O–H groups in total. The number of rotatable bonds is 6. The fourth-order valence-corrected chi connectivity index (χ4v) is 2.87. The number of aryl methyl sites for hydroxylation is 1. The molecule has 3 rings (SSSR count). The third kappa shape index (κ3) is 4.59. The molecule has 0 aliphatic heterocycles. The third-order valence-electron chi connectivity index (χ3n) is 4.22. The Balaban J connectivity index is 1.45. The first kappa shape index (κ1) is 17.9. The minimum absolute atomic E-state index is 0.201. The van der Waals surface area contributed by atoms with Crippen molar-refractivity contribution in [3.8, 4) is 0 Å². The van der Waals surface area contributed by atoms with E-state index in [9.17, 15) is 4.39 Å². The topological polar surface area (TPSA) is 53.7 Å². The molecule has 136 valence electrons. The van der Waals surface area contributed by atoms with Gasteiger partial charge in [-0.25, -0.2) is 9.37 Å². The number of fused-ring (bicyclic) bond motifs is 1. The van der Waals surface area contributed by atoms with Gasteiger partial charge in [-0.05, 0) is 42.7 Å². The van der Waals surface area contributed by atoms with E-state index in [4.69, 9.17) is 0 Å². The number of benzene rings is 1. The van der Waals surface area contributed by atoms with E-state index in [1.165, 1.54) is 11.6 Å². The van der Waals surface area contributed by atoms with Crippen LogP contribution in [-0.2, 0) is 12.8 Å². The Hall–Kier alpha value is -2.89. The number of hydrogen-bond donors (Lipinski definition) is 2. The van der Waals surface area contributed by atoms with Crippen molar-refractivity contribution < 1.29 is 4.39 Å². The summed E-state index contributed by atoms with van der Waals surface area (Å²) in [6.45, 7) is 3.49. The molecule has 5 nitrogen and oxygen atoms in total. The smallest absolute Gasteiger partial charge is 0.190 e. The van der Waals surface area contributed by atoms with Gasteiger partial charge >= 0.3 is 0 Å². The lowest BCUT2D eigenvalue weighted by atomic mass is 10.1. The largest absolute Gasteiger partial charge is 0.356 e. The van der Waals surface area contributed by atoms with Crippen LogP contribution in [0.25, 0.3) is 5.65 Å². The number of pyridine rings is 1. The van der Waals surface area contributed by atoms with Crippen molar-refractivity contribution in [3.05, 3.63) is 71.4 Å². The van der Waals surface area contributed by atoms with E-state index < -0.39 is 0 Å². The van der Waals surface area contributed by atoms with Gasteiger partial charge in [-0.1, -0.05) is 18.2 Å². The zero-order valence-electron chi connectivity index (χ0n) is 15.2. The van der Waals surface area contributed by atoms with E-state index in [1.54, 1.807) is 19.2 Å². The highest BCUT2D eigenvalue weighted by molar-refractivity contribution is 5.79. The van der Waals surface area contributed by atoms with Crippen molar-refractivity contribution >= 4 is 11.6 Å². The molecule has 0 aliphatic rings. The molecule has 0 fully saturated rings. The summed E-state index contributed by atoms with van der Waals surface area (Å²) in [5, 5.41) is 6.54. The fourth-order valence-electron chi connectivity index (χ4n) is 2.87. The van der Waals surface area contributed by atoms with Crippen LogP contribution in [0.3, 0.4) is 0 Å². The van der Waals surface area contributed by atoms with Crippen molar-refractivity contribution in [1.29, 1.82) is 0 Å². The second-order valence-corrected chi connectivity index (χ2v) is 6.21. The van der Waals surface area contributed by atoms with Gasteiger partial charge in [0.05, 0.1) is 5.69 Å². The second kappa shape index (κ2) is 8.47. The molecule has 0 aliphatic carbocycles. The minimum atomic E-state index is -0.201. The zero-order chi connectivity index (χ0) is 18.4. The Kier molecular flexibility index (Phi) is 5.84. The van der Waals surface area contributed by atoms with Gasteiger partial charge in [0, 0.05) is 39.0 Å². The predicted octanol–water partition coefficient (Wildman–Crippen LogP) is 2.73. The molecule has 0 saturated heterocycles. The highest BCUT2D eigenvalue weighted by Gasteiger charge is 2.04. The van der Waals surface area contributed by atoms with Crippen LogP contribution in [0.2, 0.25) is 0 Å². The van der Waals surface area contributed by atoms with Crippen LogP contribution >= 0.6 is 0 Å². The number of halogens is 1. The van der Waals surface area contributed by atoms with Crippen molar-refractivity contribution in [1.82, 2.24) is 20.0 Å². The average molecular weight is 353 g/mol. The first-order valence-corrected chi connectivity index (χ1v) is 8.78. The summed E-state index contributed by atoms with van der Waals surface area (Å²) in [4.78, 5) is 8.89. The number of hydrogen-bond acceptors (Lipinski definition) is 2. The molecule has 0 saturated carbocycles. The molecule has 6 heteroatoms. The van der Waals surface area contributed by atoms with Gasteiger partial charge in [-0.3, -0.25) is 4.99 Å². The Morgan fingerprint density at radius 3 is 2.69 bits per heavy atom. The second-order valence-electron chi connectivity index (χ2n) is 6.21. The molecule has 0 spiro atoms. The lowest BCUT2D eigenvalue weighted by Crippen LogP contribution is -2.39.